The summed E-state index contributed by atoms with van der Waals surface area (Å²) < 4.78 is 7.11. The number of hydrogen-bond donors (Lipinski definition) is 1. The lowest BCUT2D eigenvalue weighted by molar-refractivity contribution is -0.136. The minimum Gasteiger partial charge on any atom is -0.387 e. The number of methoxy groups -OCH3 is 1. The van der Waals surface area contributed by atoms with Gasteiger partial charge in [-0.3, -0.25) is 9.48 Å². The zero-order valence-corrected chi connectivity index (χ0v) is 18.6. The van der Waals surface area contributed by atoms with Crippen LogP contribution in [0.15, 0.2) is 18.5 Å². The predicted molar refractivity (Wildman–Crippen MR) is 115 cm³/mol. The molecule has 8 atom stereocenters. The average molecular weight is 415 g/mol. The molecule has 1 N–H and O–H groups in total. The molecule has 1 heterocycles. The van der Waals surface area contributed by atoms with E-state index in [1.54, 1.807) is 18.0 Å². The number of nitrogens with zero attached hydrogens (tertiary/aromatic N) is 2. The molecule has 4 aliphatic carbocycles. The number of hydrogen-bond acceptors (Lipinski definition) is 4. The molecular formula is C25H38N2O3. The Morgan fingerprint density at radius 3 is 2.73 bits per heavy atom. The molecule has 0 aliphatic heterocycles. The summed E-state index contributed by atoms with van der Waals surface area (Å²) in [5.41, 5.74) is -0.437. The maximum Gasteiger partial charge on any atom is 0.157 e. The van der Waals surface area contributed by atoms with E-state index in [2.05, 4.69) is 12.0 Å². The van der Waals surface area contributed by atoms with Gasteiger partial charge in [-0.15, -0.1) is 0 Å². The molecule has 1 aromatic rings. The lowest BCUT2D eigenvalue weighted by Gasteiger charge is -2.57. The zero-order valence-electron chi connectivity index (χ0n) is 18.6. The number of ketones is 1. The molecule has 4 fully saturated rings. The molecule has 166 valence electrons. The first-order valence-electron chi connectivity index (χ1n) is 12.1. The van der Waals surface area contributed by atoms with E-state index in [-0.39, 0.29) is 11.3 Å². The fourth-order valence-electron chi connectivity index (χ4n) is 8.56. The summed E-state index contributed by atoms with van der Waals surface area (Å²) in [6.45, 7) is 3.33. The van der Waals surface area contributed by atoms with E-state index in [9.17, 15) is 9.90 Å². The first-order valence-corrected chi connectivity index (χ1v) is 12.1. The zero-order chi connectivity index (χ0) is 20.9. The lowest BCUT2D eigenvalue weighted by atomic mass is 9.49. The Bertz CT molecular complexity index is 764. The van der Waals surface area contributed by atoms with Gasteiger partial charge < -0.3 is 9.84 Å². The monoisotopic (exact) mass is 414 g/mol. The van der Waals surface area contributed by atoms with Crippen LogP contribution in [0.1, 0.15) is 64.7 Å². The maximum atomic E-state index is 13.2. The van der Waals surface area contributed by atoms with Crippen LogP contribution in [0, 0.1) is 40.9 Å². The van der Waals surface area contributed by atoms with Crippen molar-refractivity contribution >= 4 is 5.78 Å². The van der Waals surface area contributed by atoms with Gasteiger partial charge in [0.25, 0.3) is 0 Å². The summed E-state index contributed by atoms with van der Waals surface area (Å²) in [5, 5.41) is 15.2. The Kier molecular flexibility index (Phi) is 5.34. The van der Waals surface area contributed by atoms with E-state index in [0.29, 0.717) is 30.8 Å². The topological polar surface area (TPSA) is 64.3 Å². The van der Waals surface area contributed by atoms with Gasteiger partial charge in [-0.2, -0.15) is 5.10 Å². The SMILES string of the molecule is COC[C@@]1(O)CC[C@@H]2[C@H](CCC3[C@@H]2CC[C@]2(C)[C@@H](C(=O)Cn4cccn4)CC[C@@H]32)C1. The smallest absolute Gasteiger partial charge is 0.157 e. The highest BCUT2D eigenvalue weighted by Crippen LogP contribution is 2.64. The lowest BCUT2D eigenvalue weighted by Crippen LogP contribution is -2.52. The molecule has 0 amide bonds. The summed E-state index contributed by atoms with van der Waals surface area (Å²) in [7, 11) is 1.70. The van der Waals surface area contributed by atoms with Gasteiger partial charge in [0.1, 0.15) is 0 Å². The highest BCUT2D eigenvalue weighted by molar-refractivity contribution is 5.82. The van der Waals surface area contributed by atoms with Crippen molar-refractivity contribution in [2.75, 3.05) is 13.7 Å². The van der Waals surface area contributed by atoms with Crippen molar-refractivity contribution in [1.29, 1.82) is 0 Å². The molecule has 4 aliphatic rings. The summed E-state index contributed by atoms with van der Waals surface area (Å²) >= 11 is 0. The molecular weight excluding hydrogens is 376 g/mol. The third kappa shape index (κ3) is 3.37. The molecule has 0 spiro atoms. The standard InChI is InChI=1S/C25H38N2O3/c1-24-10-8-19-18-9-11-25(29,16-30-2)14-17(18)4-5-20(19)21(24)6-7-22(24)23(28)15-27-13-3-12-26-27/h3,12-13,17-22,29H,4-11,14-16H2,1-2H3/t17-,18-,19-,20?,21+,22-,24+,25-/m1/s1. The number of carbonyl (C=O) groups is 1. The molecule has 1 aromatic heterocycles. The summed E-state index contributed by atoms with van der Waals surface area (Å²) in [6.07, 6.45) is 13.9. The number of aliphatic hydroxyl groups is 1. The second-order valence-electron chi connectivity index (χ2n) is 11.2. The normalized spacial score (nSPS) is 45.4. The molecule has 4 saturated carbocycles. The van der Waals surface area contributed by atoms with Crippen LogP contribution in [0.3, 0.4) is 0 Å². The van der Waals surface area contributed by atoms with Gasteiger partial charge in [0, 0.05) is 25.4 Å². The molecule has 1 unspecified atom stereocenters. The Balaban J connectivity index is 1.29. The van der Waals surface area contributed by atoms with E-state index in [0.717, 1.165) is 43.4 Å². The van der Waals surface area contributed by atoms with Crippen LogP contribution in [0.25, 0.3) is 0 Å². The highest BCUT2D eigenvalue weighted by atomic mass is 16.5. The van der Waals surface area contributed by atoms with Gasteiger partial charge in [-0.05, 0) is 98.9 Å². The molecule has 0 radical (unpaired) electrons. The minimum atomic E-state index is -0.608. The van der Waals surface area contributed by atoms with Crippen molar-refractivity contribution in [3.05, 3.63) is 18.5 Å². The third-order valence-electron chi connectivity index (χ3n) is 9.78. The van der Waals surface area contributed by atoms with Crippen molar-refractivity contribution in [3.63, 3.8) is 0 Å². The second kappa shape index (κ2) is 7.74. The van der Waals surface area contributed by atoms with Crippen molar-refractivity contribution < 1.29 is 14.6 Å². The fraction of sp³-hybridized carbons (Fsp3) is 0.840. The van der Waals surface area contributed by atoms with E-state index in [4.69, 9.17) is 4.74 Å². The van der Waals surface area contributed by atoms with E-state index >= 15 is 0 Å². The van der Waals surface area contributed by atoms with E-state index in [1.807, 2.05) is 12.3 Å². The van der Waals surface area contributed by atoms with Gasteiger partial charge >= 0.3 is 0 Å². The van der Waals surface area contributed by atoms with Crippen LogP contribution < -0.4 is 0 Å². The predicted octanol–water partition coefficient (Wildman–Crippen LogP) is 4.10. The largest absolute Gasteiger partial charge is 0.387 e. The van der Waals surface area contributed by atoms with Gasteiger partial charge in [0.05, 0.1) is 18.8 Å². The van der Waals surface area contributed by atoms with Crippen LogP contribution in [0.5, 0.6) is 0 Å². The Morgan fingerprint density at radius 2 is 1.97 bits per heavy atom. The minimum absolute atomic E-state index is 0.170. The first-order chi connectivity index (χ1) is 14.4. The number of Topliss-reactive ketones (excluding diaryl/α,β-unsaturated/α-hetero) is 1. The van der Waals surface area contributed by atoms with Crippen molar-refractivity contribution in [1.82, 2.24) is 9.78 Å². The number of fused-ring (bicyclic) bond motifs is 5. The van der Waals surface area contributed by atoms with Crippen molar-refractivity contribution in [2.45, 2.75) is 76.9 Å². The van der Waals surface area contributed by atoms with Crippen LogP contribution in [0.4, 0.5) is 0 Å². The van der Waals surface area contributed by atoms with Gasteiger partial charge in [-0.25, -0.2) is 0 Å². The third-order valence-corrected chi connectivity index (χ3v) is 9.78. The Labute approximate surface area is 180 Å². The summed E-state index contributed by atoms with van der Waals surface area (Å²) in [4.78, 5) is 13.2. The van der Waals surface area contributed by atoms with Gasteiger partial charge in [0.2, 0.25) is 0 Å². The van der Waals surface area contributed by atoms with Crippen molar-refractivity contribution in [3.8, 4) is 0 Å². The Hall–Kier alpha value is -1.20. The first kappa shape index (κ1) is 20.7. The van der Waals surface area contributed by atoms with Crippen molar-refractivity contribution in [2.24, 2.45) is 40.9 Å². The summed E-state index contributed by atoms with van der Waals surface area (Å²) in [5.74, 6) is 4.28. The molecule has 5 heteroatoms. The van der Waals surface area contributed by atoms with Crippen LogP contribution in [-0.4, -0.2) is 40.0 Å². The van der Waals surface area contributed by atoms with Crippen LogP contribution in [0.2, 0.25) is 0 Å². The van der Waals surface area contributed by atoms with E-state index < -0.39 is 5.60 Å². The molecule has 5 rings (SSSR count). The molecule has 30 heavy (non-hydrogen) atoms. The molecule has 5 nitrogen and oxygen atoms in total. The maximum absolute atomic E-state index is 13.2. The highest BCUT2D eigenvalue weighted by Gasteiger charge is 2.58. The summed E-state index contributed by atoms with van der Waals surface area (Å²) in [6, 6.07) is 1.90. The molecule has 0 saturated heterocycles. The number of ether oxygens (including phenoxy) is 1. The van der Waals surface area contributed by atoms with Crippen LogP contribution in [-0.2, 0) is 16.1 Å². The number of aromatic nitrogens is 2. The Morgan fingerprint density at radius 1 is 1.13 bits per heavy atom. The number of rotatable bonds is 5. The van der Waals surface area contributed by atoms with Gasteiger partial charge in [0.15, 0.2) is 5.78 Å². The van der Waals surface area contributed by atoms with Gasteiger partial charge in [-0.1, -0.05) is 6.92 Å². The average Bonchev–Trinajstić information content (AvgIpc) is 3.34. The molecule has 0 bridgehead atoms. The second-order valence-corrected chi connectivity index (χ2v) is 11.2. The quantitative estimate of drug-likeness (QED) is 0.788. The fourth-order valence-corrected chi connectivity index (χ4v) is 8.56. The van der Waals surface area contributed by atoms with E-state index in [1.165, 1.54) is 32.1 Å². The molecule has 0 aromatic carbocycles. The van der Waals surface area contributed by atoms with Crippen LogP contribution >= 0.6 is 0 Å². The number of carbonyl (C=O) groups excluding carboxylic acids is 1.